The number of fused-ring (bicyclic) bond motifs is 7. The van der Waals surface area contributed by atoms with Crippen molar-refractivity contribution < 1.29 is 36.0 Å². The number of hydrogen-bond acceptors (Lipinski definition) is 4. The van der Waals surface area contributed by atoms with Crippen molar-refractivity contribution in [2.45, 2.75) is 132 Å². The number of esters is 2. The van der Waals surface area contributed by atoms with E-state index in [2.05, 4.69) is 139 Å². The van der Waals surface area contributed by atoms with Gasteiger partial charge < -0.3 is 26.5 Å². The first kappa shape index (κ1) is 45.5. The second-order valence-corrected chi connectivity index (χ2v) is 25.4. The van der Waals surface area contributed by atoms with Crippen LogP contribution in [0.4, 0.5) is 0 Å². The van der Waals surface area contributed by atoms with Crippen LogP contribution in [0.25, 0.3) is 0 Å². The van der Waals surface area contributed by atoms with Crippen LogP contribution in [0.5, 0.6) is 0 Å². The van der Waals surface area contributed by atoms with Crippen molar-refractivity contribution in [3.05, 3.63) is 91.0 Å². The van der Waals surface area contributed by atoms with E-state index in [9.17, 15) is 9.59 Å². The van der Waals surface area contributed by atoms with Crippen LogP contribution in [0.2, 0.25) is 0 Å². The molecule has 4 unspecified atom stereocenters. The standard InChI is InChI=1S/C54H74O4P.BrH/c1-37(2)43-29-32-54(49(56)57-9)34-33-52(7)44(47(43)54)27-28-46-51(6)36-39(48(58-38(3)55)50(4,5)45(51)30-31-53(46,52)8)20-19-35-59(40-21-13-10-14-22-40,41-23-15-11-16-24-41)42-25-17-12-18-26-42;/h10-18,21-26,37,39,43-48H,19-20,27-36H2,1-9H3;1H/q+1;/p-1/t39-,43-,44?,45?,46?,47?,48+,51-,52+,53+,54-;/m0./s1. The first-order chi connectivity index (χ1) is 28.1. The maximum atomic E-state index is 13.9. The fourth-order valence-electron chi connectivity index (χ4n) is 16.5. The molecule has 3 aromatic rings. The Kier molecular flexibility index (Phi) is 12.8. The van der Waals surface area contributed by atoms with E-state index in [0.717, 1.165) is 51.1 Å². The second kappa shape index (κ2) is 16.9. The summed E-state index contributed by atoms with van der Waals surface area (Å²) >= 11 is 0. The summed E-state index contributed by atoms with van der Waals surface area (Å²) in [5.74, 6) is 3.37. The zero-order valence-corrected chi connectivity index (χ0v) is 40.7. The Morgan fingerprint density at radius 3 is 1.80 bits per heavy atom. The topological polar surface area (TPSA) is 52.6 Å². The molecule has 326 valence electrons. The number of ether oxygens (including phenoxy) is 2. The van der Waals surface area contributed by atoms with Gasteiger partial charge in [-0.2, -0.15) is 0 Å². The monoisotopic (exact) mass is 896 g/mol. The molecule has 5 aliphatic rings. The summed E-state index contributed by atoms with van der Waals surface area (Å²) in [4.78, 5) is 26.9. The van der Waals surface area contributed by atoms with Crippen molar-refractivity contribution in [1.82, 2.24) is 0 Å². The highest BCUT2D eigenvalue weighted by Gasteiger charge is 2.73. The van der Waals surface area contributed by atoms with Crippen molar-refractivity contribution >= 4 is 35.1 Å². The fourth-order valence-corrected chi connectivity index (χ4v) is 20.8. The highest BCUT2D eigenvalue weighted by molar-refractivity contribution is 7.95. The average molecular weight is 898 g/mol. The zero-order chi connectivity index (χ0) is 42.0. The van der Waals surface area contributed by atoms with E-state index in [1.54, 1.807) is 14.0 Å². The van der Waals surface area contributed by atoms with Crippen molar-refractivity contribution in [3.63, 3.8) is 0 Å². The minimum Gasteiger partial charge on any atom is -1.00 e. The third-order valence-corrected chi connectivity index (χ3v) is 23.4. The van der Waals surface area contributed by atoms with Gasteiger partial charge in [0.1, 0.15) is 29.3 Å². The minimum atomic E-state index is -1.98. The Balaban J connectivity index is 0.00000544. The largest absolute Gasteiger partial charge is 1.00 e. The Morgan fingerprint density at radius 2 is 1.28 bits per heavy atom. The molecule has 5 saturated carbocycles. The number of rotatable bonds is 10. The van der Waals surface area contributed by atoms with Gasteiger partial charge in [-0.1, -0.05) is 103 Å². The van der Waals surface area contributed by atoms with Gasteiger partial charge >= 0.3 is 11.9 Å². The van der Waals surface area contributed by atoms with E-state index in [1.165, 1.54) is 41.6 Å². The number of carbonyl (C=O) groups excluding carboxylic acids is 2. The van der Waals surface area contributed by atoms with Crippen molar-refractivity contribution in [2.75, 3.05) is 13.3 Å². The van der Waals surface area contributed by atoms with E-state index in [-0.39, 0.29) is 68.0 Å². The van der Waals surface area contributed by atoms with Crippen LogP contribution < -0.4 is 32.9 Å². The normalized spacial score (nSPS) is 36.7. The molecule has 8 rings (SSSR count). The van der Waals surface area contributed by atoms with Crippen molar-refractivity contribution in [2.24, 2.45) is 68.5 Å². The molecule has 0 amide bonds. The van der Waals surface area contributed by atoms with Crippen LogP contribution in [0.3, 0.4) is 0 Å². The van der Waals surface area contributed by atoms with Crippen molar-refractivity contribution in [3.8, 4) is 0 Å². The Hall–Kier alpha value is -2.49. The van der Waals surface area contributed by atoms with Crippen LogP contribution in [0.1, 0.15) is 126 Å². The molecule has 11 atom stereocenters. The molecule has 0 bridgehead atoms. The van der Waals surface area contributed by atoms with Crippen LogP contribution in [-0.4, -0.2) is 31.3 Å². The quantitative estimate of drug-likeness (QED) is 0.151. The lowest BCUT2D eigenvalue weighted by molar-refractivity contribution is -0.261. The molecule has 4 nitrogen and oxygen atoms in total. The van der Waals surface area contributed by atoms with Gasteiger partial charge in [-0.05, 0) is 165 Å². The molecule has 5 aliphatic carbocycles. The number of carbonyl (C=O) groups is 2. The molecule has 60 heavy (non-hydrogen) atoms. The lowest BCUT2D eigenvalue weighted by Crippen LogP contribution is -3.00. The van der Waals surface area contributed by atoms with Crippen LogP contribution in [0, 0.1) is 68.5 Å². The highest BCUT2D eigenvalue weighted by atomic mass is 79.9. The third-order valence-electron chi connectivity index (χ3n) is 18.9. The van der Waals surface area contributed by atoms with E-state index in [0.29, 0.717) is 35.5 Å². The van der Waals surface area contributed by atoms with Gasteiger partial charge in [-0.3, -0.25) is 9.59 Å². The number of methoxy groups -OCH3 is 1. The summed E-state index contributed by atoms with van der Waals surface area (Å²) in [6.07, 6.45) is 13.3. The summed E-state index contributed by atoms with van der Waals surface area (Å²) in [5.41, 5.74) is 0.0106. The zero-order valence-electron chi connectivity index (χ0n) is 38.2. The van der Waals surface area contributed by atoms with Gasteiger partial charge in [0.2, 0.25) is 0 Å². The van der Waals surface area contributed by atoms with E-state index in [4.69, 9.17) is 9.47 Å². The maximum Gasteiger partial charge on any atom is 0.312 e. The predicted octanol–water partition coefficient (Wildman–Crippen LogP) is 8.83. The van der Waals surface area contributed by atoms with Gasteiger partial charge in [0.05, 0.1) is 18.7 Å². The fraction of sp³-hybridized carbons (Fsp3) is 0.630. The molecule has 5 fully saturated rings. The first-order valence-corrected chi connectivity index (χ1v) is 25.4. The molecule has 0 N–H and O–H groups in total. The molecular formula is C54H74BrO4P. The summed E-state index contributed by atoms with van der Waals surface area (Å²) in [7, 11) is -0.356. The Morgan fingerprint density at radius 1 is 0.717 bits per heavy atom. The second-order valence-electron chi connectivity index (χ2n) is 21.8. The first-order valence-electron chi connectivity index (χ1n) is 23.4. The number of benzene rings is 3. The van der Waals surface area contributed by atoms with E-state index < -0.39 is 7.26 Å². The van der Waals surface area contributed by atoms with E-state index in [1.807, 2.05) is 0 Å². The Bertz CT molecular complexity index is 1870. The molecule has 0 heterocycles. The highest BCUT2D eigenvalue weighted by Crippen LogP contribution is 2.78. The summed E-state index contributed by atoms with van der Waals surface area (Å²) in [6.45, 7) is 19.4. The van der Waals surface area contributed by atoms with Gasteiger partial charge in [0.15, 0.2) is 0 Å². The predicted molar refractivity (Wildman–Crippen MR) is 245 cm³/mol. The smallest absolute Gasteiger partial charge is 0.312 e. The summed E-state index contributed by atoms with van der Waals surface area (Å²) < 4.78 is 12.2. The number of hydrogen-bond donors (Lipinski definition) is 0. The average Bonchev–Trinajstić information content (AvgIpc) is 3.63. The third kappa shape index (κ3) is 6.91. The molecule has 0 saturated heterocycles. The lowest BCUT2D eigenvalue weighted by atomic mass is 9.31. The Labute approximate surface area is 374 Å². The van der Waals surface area contributed by atoms with Crippen LogP contribution in [-0.2, 0) is 19.1 Å². The van der Waals surface area contributed by atoms with Gasteiger partial charge in [-0.15, -0.1) is 0 Å². The van der Waals surface area contributed by atoms with Gasteiger partial charge in [0.25, 0.3) is 0 Å². The molecule has 0 aromatic heterocycles. The summed E-state index contributed by atoms with van der Waals surface area (Å²) in [5, 5.41) is 4.30. The molecule has 0 aliphatic heterocycles. The SMILES string of the molecule is COC(=O)[C@]12CC[C@@H](C(C)C)C1C1CCC3[C@@]4(C)C[C@H](CCC[P+](c5ccccc5)(c5ccccc5)c5ccccc5)[C@@H](OC(C)=O)C(C)(C)C4CC[C@@]3(C)[C@]1(C)CC2.[Br-]. The molecule has 6 heteroatoms. The van der Waals surface area contributed by atoms with Crippen molar-refractivity contribution in [1.29, 1.82) is 0 Å². The van der Waals surface area contributed by atoms with Gasteiger partial charge in [-0.25, -0.2) is 0 Å². The van der Waals surface area contributed by atoms with Gasteiger partial charge in [0, 0.05) is 12.3 Å². The minimum absolute atomic E-state index is 0. The molecular weight excluding hydrogens is 823 g/mol. The molecule has 0 radical (unpaired) electrons. The van der Waals surface area contributed by atoms with E-state index >= 15 is 0 Å². The molecule has 3 aromatic carbocycles. The van der Waals surface area contributed by atoms with Crippen LogP contribution >= 0.6 is 7.26 Å². The molecule has 0 spiro atoms. The maximum absolute atomic E-state index is 13.9. The number of halogens is 1. The lowest BCUT2D eigenvalue weighted by Gasteiger charge is -2.73. The summed E-state index contributed by atoms with van der Waals surface area (Å²) in [6, 6.07) is 33.9. The van der Waals surface area contributed by atoms with Crippen LogP contribution in [0.15, 0.2) is 91.0 Å².